The SMILES string of the molecule is CC(C)C(NC(=O)c1cccc(NS(=O)(=O)c2cccs2)c1)c1nc(C2CC2)no1. The van der Waals surface area contributed by atoms with E-state index in [1.807, 2.05) is 13.8 Å². The van der Waals surface area contributed by atoms with Crippen LogP contribution in [-0.4, -0.2) is 24.5 Å². The smallest absolute Gasteiger partial charge is 0.271 e. The molecular formula is C20H22N4O4S2. The van der Waals surface area contributed by atoms with Gasteiger partial charge in [0.15, 0.2) is 5.82 Å². The third-order valence-electron chi connectivity index (χ3n) is 4.76. The second-order valence-electron chi connectivity index (χ2n) is 7.58. The highest BCUT2D eigenvalue weighted by Gasteiger charge is 2.31. The standard InChI is InChI=1S/C20H22N4O4S2/c1-12(2)17(20-22-18(23-28-20)13-8-9-13)21-19(25)14-5-3-6-15(11-14)24-30(26,27)16-7-4-10-29-16/h3-7,10-13,17,24H,8-9H2,1-2H3,(H,21,25). The largest absolute Gasteiger partial charge is 0.340 e. The highest BCUT2D eigenvalue weighted by molar-refractivity contribution is 7.94. The first-order valence-corrected chi connectivity index (χ1v) is 12.0. The number of sulfonamides is 1. The number of anilines is 1. The van der Waals surface area contributed by atoms with Crippen LogP contribution in [0.5, 0.6) is 0 Å². The van der Waals surface area contributed by atoms with Gasteiger partial charge in [-0.2, -0.15) is 4.98 Å². The van der Waals surface area contributed by atoms with Crippen LogP contribution in [0.4, 0.5) is 5.69 Å². The molecule has 4 rings (SSSR count). The minimum absolute atomic E-state index is 0.0296. The number of rotatable bonds is 8. The van der Waals surface area contributed by atoms with E-state index >= 15 is 0 Å². The number of carbonyl (C=O) groups excluding carboxylic acids is 1. The number of thiophene rings is 1. The zero-order valence-corrected chi connectivity index (χ0v) is 18.2. The number of hydrogen-bond acceptors (Lipinski definition) is 7. The van der Waals surface area contributed by atoms with Crippen molar-refractivity contribution >= 4 is 33.0 Å². The van der Waals surface area contributed by atoms with Crippen molar-refractivity contribution in [3.05, 3.63) is 59.1 Å². The summed E-state index contributed by atoms with van der Waals surface area (Å²) in [5.41, 5.74) is 0.639. The van der Waals surface area contributed by atoms with Crippen LogP contribution in [0.15, 0.2) is 50.5 Å². The number of hydrogen-bond donors (Lipinski definition) is 2. The molecule has 1 aromatic carbocycles. The second-order valence-corrected chi connectivity index (χ2v) is 10.4. The first kappa shape index (κ1) is 20.5. The van der Waals surface area contributed by atoms with Gasteiger partial charge in [0, 0.05) is 17.2 Å². The van der Waals surface area contributed by atoms with Crippen molar-refractivity contribution in [2.24, 2.45) is 5.92 Å². The van der Waals surface area contributed by atoms with Gasteiger partial charge < -0.3 is 9.84 Å². The molecule has 158 valence electrons. The van der Waals surface area contributed by atoms with Crippen LogP contribution in [-0.2, 0) is 10.0 Å². The third kappa shape index (κ3) is 4.54. The average molecular weight is 447 g/mol. The average Bonchev–Trinajstić information content (AvgIpc) is 3.19. The molecule has 3 aromatic rings. The minimum Gasteiger partial charge on any atom is -0.340 e. The second kappa shape index (κ2) is 8.19. The lowest BCUT2D eigenvalue weighted by atomic mass is 10.0. The summed E-state index contributed by atoms with van der Waals surface area (Å²) in [6.45, 7) is 3.91. The Balaban J connectivity index is 1.50. The van der Waals surface area contributed by atoms with Crippen LogP contribution in [0.1, 0.15) is 60.7 Å². The molecule has 2 aromatic heterocycles. The molecule has 0 radical (unpaired) electrons. The zero-order valence-electron chi connectivity index (χ0n) is 16.5. The lowest BCUT2D eigenvalue weighted by Crippen LogP contribution is -2.32. The monoisotopic (exact) mass is 446 g/mol. The Labute approximate surface area is 178 Å². The van der Waals surface area contributed by atoms with E-state index in [2.05, 4.69) is 20.2 Å². The molecule has 1 unspecified atom stereocenters. The Morgan fingerprint density at radius 3 is 2.70 bits per heavy atom. The van der Waals surface area contributed by atoms with Crippen molar-refractivity contribution in [3.8, 4) is 0 Å². The molecule has 0 bridgehead atoms. The fraction of sp³-hybridized carbons (Fsp3) is 0.350. The van der Waals surface area contributed by atoms with Crippen molar-refractivity contribution in [1.29, 1.82) is 0 Å². The van der Waals surface area contributed by atoms with Crippen molar-refractivity contribution < 1.29 is 17.7 Å². The van der Waals surface area contributed by atoms with E-state index in [4.69, 9.17) is 4.52 Å². The summed E-state index contributed by atoms with van der Waals surface area (Å²) in [5.74, 6) is 1.11. The van der Waals surface area contributed by atoms with E-state index in [9.17, 15) is 13.2 Å². The molecule has 1 fully saturated rings. The van der Waals surface area contributed by atoms with Gasteiger partial charge in [-0.1, -0.05) is 31.1 Å². The number of aromatic nitrogens is 2. The summed E-state index contributed by atoms with van der Waals surface area (Å²) in [6.07, 6.45) is 2.12. The van der Waals surface area contributed by atoms with Gasteiger partial charge in [-0.3, -0.25) is 9.52 Å². The predicted octanol–water partition coefficient (Wildman–Crippen LogP) is 3.94. The van der Waals surface area contributed by atoms with E-state index in [0.29, 0.717) is 28.9 Å². The van der Waals surface area contributed by atoms with Gasteiger partial charge in [-0.05, 0) is 48.4 Å². The number of carbonyl (C=O) groups is 1. The predicted molar refractivity (Wildman–Crippen MR) is 113 cm³/mol. The van der Waals surface area contributed by atoms with Gasteiger partial charge in [-0.15, -0.1) is 11.3 Å². The molecule has 0 saturated heterocycles. The Kier molecular flexibility index (Phi) is 5.61. The highest BCUT2D eigenvalue weighted by atomic mass is 32.2. The molecule has 1 saturated carbocycles. The summed E-state index contributed by atoms with van der Waals surface area (Å²) < 4.78 is 33.0. The number of nitrogens with zero attached hydrogens (tertiary/aromatic N) is 2. The molecule has 2 heterocycles. The molecule has 1 amide bonds. The van der Waals surface area contributed by atoms with E-state index in [0.717, 1.165) is 24.2 Å². The minimum atomic E-state index is -3.69. The number of benzene rings is 1. The summed E-state index contributed by atoms with van der Waals surface area (Å²) in [7, 11) is -3.69. The first-order chi connectivity index (χ1) is 14.3. The maximum absolute atomic E-state index is 12.9. The number of nitrogens with one attached hydrogen (secondary N) is 2. The van der Waals surface area contributed by atoms with E-state index in [1.165, 1.54) is 12.1 Å². The van der Waals surface area contributed by atoms with Gasteiger partial charge in [0.25, 0.3) is 15.9 Å². The van der Waals surface area contributed by atoms with Crippen LogP contribution in [0.3, 0.4) is 0 Å². The maximum atomic E-state index is 12.9. The third-order valence-corrected chi connectivity index (χ3v) is 7.53. The van der Waals surface area contributed by atoms with E-state index in [-0.39, 0.29) is 16.0 Å². The molecular weight excluding hydrogens is 424 g/mol. The summed E-state index contributed by atoms with van der Waals surface area (Å²) in [6, 6.07) is 9.10. The molecule has 1 atom stereocenters. The van der Waals surface area contributed by atoms with Crippen LogP contribution in [0.25, 0.3) is 0 Å². The van der Waals surface area contributed by atoms with E-state index in [1.54, 1.807) is 29.6 Å². The lowest BCUT2D eigenvalue weighted by Gasteiger charge is -2.18. The van der Waals surface area contributed by atoms with Crippen LogP contribution in [0.2, 0.25) is 0 Å². The summed E-state index contributed by atoms with van der Waals surface area (Å²) in [5, 5.41) is 8.65. The number of amides is 1. The zero-order chi connectivity index (χ0) is 21.3. The Hall–Kier alpha value is -2.72. The highest BCUT2D eigenvalue weighted by Crippen LogP contribution is 2.38. The van der Waals surface area contributed by atoms with Crippen molar-refractivity contribution in [2.75, 3.05) is 4.72 Å². The van der Waals surface area contributed by atoms with Crippen molar-refractivity contribution in [2.45, 2.75) is 42.9 Å². The Morgan fingerprint density at radius 1 is 1.23 bits per heavy atom. The normalized spacial score (nSPS) is 15.2. The molecule has 8 nitrogen and oxygen atoms in total. The molecule has 30 heavy (non-hydrogen) atoms. The molecule has 10 heteroatoms. The fourth-order valence-corrected chi connectivity index (χ4v) is 5.01. The molecule has 2 N–H and O–H groups in total. The molecule has 1 aliphatic carbocycles. The van der Waals surface area contributed by atoms with Gasteiger partial charge in [0.1, 0.15) is 10.3 Å². The van der Waals surface area contributed by atoms with Gasteiger partial charge >= 0.3 is 0 Å². The van der Waals surface area contributed by atoms with Gasteiger partial charge in [0.2, 0.25) is 5.89 Å². The van der Waals surface area contributed by atoms with E-state index < -0.39 is 16.1 Å². The first-order valence-electron chi connectivity index (χ1n) is 9.64. The van der Waals surface area contributed by atoms with Crippen LogP contribution >= 0.6 is 11.3 Å². The molecule has 1 aliphatic rings. The lowest BCUT2D eigenvalue weighted by molar-refractivity contribution is 0.0914. The fourth-order valence-electron chi connectivity index (χ4n) is 2.96. The topological polar surface area (TPSA) is 114 Å². The molecule has 0 aliphatic heterocycles. The summed E-state index contributed by atoms with van der Waals surface area (Å²) >= 11 is 1.12. The Bertz CT molecular complexity index is 1140. The molecule has 0 spiro atoms. The quantitative estimate of drug-likeness (QED) is 0.542. The van der Waals surface area contributed by atoms with Crippen molar-refractivity contribution in [1.82, 2.24) is 15.5 Å². The summed E-state index contributed by atoms with van der Waals surface area (Å²) in [4.78, 5) is 17.3. The maximum Gasteiger partial charge on any atom is 0.271 e. The van der Waals surface area contributed by atoms with Crippen molar-refractivity contribution in [3.63, 3.8) is 0 Å². The van der Waals surface area contributed by atoms with Crippen LogP contribution in [0, 0.1) is 5.92 Å². The van der Waals surface area contributed by atoms with Gasteiger partial charge in [0.05, 0.1) is 0 Å². The van der Waals surface area contributed by atoms with Gasteiger partial charge in [-0.25, -0.2) is 8.42 Å². The van der Waals surface area contributed by atoms with Crippen LogP contribution < -0.4 is 10.0 Å². The Morgan fingerprint density at radius 2 is 2.03 bits per heavy atom.